The van der Waals surface area contributed by atoms with Gasteiger partial charge in [0.2, 0.25) is 5.91 Å². The van der Waals surface area contributed by atoms with Crippen LogP contribution in [0.4, 0.5) is 0 Å². The minimum absolute atomic E-state index is 0.00487. The van der Waals surface area contributed by atoms with Gasteiger partial charge in [-0.15, -0.1) is 0 Å². The zero-order valence-corrected chi connectivity index (χ0v) is 11.1. The van der Waals surface area contributed by atoms with Crippen LogP contribution in [0.3, 0.4) is 0 Å². The number of amides is 2. The van der Waals surface area contributed by atoms with Gasteiger partial charge in [0.25, 0.3) is 5.91 Å². The van der Waals surface area contributed by atoms with E-state index in [0.29, 0.717) is 18.7 Å². The molecule has 0 radical (unpaired) electrons. The van der Waals surface area contributed by atoms with Crippen molar-refractivity contribution in [3.05, 3.63) is 35.4 Å². The molecule has 1 heterocycles. The summed E-state index contributed by atoms with van der Waals surface area (Å²) in [5, 5.41) is 11.6. The Labute approximate surface area is 116 Å². The van der Waals surface area contributed by atoms with E-state index >= 15 is 0 Å². The second-order valence-electron chi connectivity index (χ2n) is 4.82. The molecule has 6 nitrogen and oxygen atoms in total. The minimum atomic E-state index is -1.02. The van der Waals surface area contributed by atoms with Gasteiger partial charge in [-0.3, -0.25) is 9.59 Å². The third kappa shape index (κ3) is 3.14. The number of nitrogens with zero attached hydrogens (tertiary/aromatic N) is 1. The summed E-state index contributed by atoms with van der Waals surface area (Å²) in [7, 11) is 0. The summed E-state index contributed by atoms with van der Waals surface area (Å²) in [5.74, 6) is -1.26. The molecule has 0 bridgehead atoms. The van der Waals surface area contributed by atoms with Gasteiger partial charge in [-0.2, -0.15) is 0 Å². The molecular formula is C14H16N2O4. The molecule has 0 saturated carbocycles. The molecule has 20 heavy (non-hydrogen) atoms. The molecule has 2 amide bonds. The Morgan fingerprint density at radius 3 is 2.35 bits per heavy atom. The molecule has 1 fully saturated rings. The highest BCUT2D eigenvalue weighted by Gasteiger charge is 2.27. The molecule has 1 unspecified atom stereocenters. The average Bonchev–Trinajstić information content (AvgIpc) is 2.85. The summed E-state index contributed by atoms with van der Waals surface area (Å²) in [6, 6.07) is 5.85. The number of nitrogens with one attached hydrogen (secondary N) is 1. The first kappa shape index (κ1) is 14.0. The summed E-state index contributed by atoms with van der Waals surface area (Å²) in [6.45, 7) is 2.53. The van der Waals surface area contributed by atoms with Crippen LogP contribution < -0.4 is 5.32 Å². The van der Waals surface area contributed by atoms with Crippen molar-refractivity contribution < 1.29 is 19.5 Å². The molecule has 106 valence electrons. The normalized spacial score (nSPS) is 17.9. The number of benzene rings is 1. The Balaban J connectivity index is 2.01. The van der Waals surface area contributed by atoms with Crippen molar-refractivity contribution in [1.82, 2.24) is 10.2 Å². The van der Waals surface area contributed by atoms with Crippen LogP contribution in [0.1, 0.15) is 34.1 Å². The lowest BCUT2D eigenvalue weighted by atomic mass is 10.1. The number of aromatic carboxylic acids is 1. The number of likely N-dealkylation sites (tertiary alicyclic amines) is 1. The summed E-state index contributed by atoms with van der Waals surface area (Å²) in [6.07, 6.45) is 0.735. The van der Waals surface area contributed by atoms with Gasteiger partial charge in [0.1, 0.15) is 0 Å². The summed E-state index contributed by atoms with van der Waals surface area (Å²) in [5.41, 5.74) is 0.609. The quantitative estimate of drug-likeness (QED) is 0.852. The van der Waals surface area contributed by atoms with E-state index in [-0.39, 0.29) is 23.4 Å². The van der Waals surface area contributed by atoms with E-state index < -0.39 is 5.97 Å². The lowest BCUT2D eigenvalue weighted by molar-refractivity contribution is -0.119. The summed E-state index contributed by atoms with van der Waals surface area (Å²) < 4.78 is 0. The zero-order chi connectivity index (χ0) is 14.7. The zero-order valence-electron chi connectivity index (χ0n) is 11.1. The van der Waals surface area contributed by atoms with Crippen molar-refractivity contribution in [2.75, 3.05) is 13.1 Å². The first-order valence-corrected chi connectivity index (χ1v) is 6.37. The number of rotatable bonds is 3. The van der Waals surface area contributed by atoms with Gasteiger partial charge in [0.15, 0.2) is 0 Å². The van der Waals surface area contributed by atoms with E-state index in [2.05, 4.69) is 5.32 Å². The Bertz CT molecular complexity index is 539. The van der Waals surface area contributed by atoms with E-state index in [9.17, 15) is 14.4 Å². The molecule has 1 aromatic rings. The highest BCUT2D eigenvalue weighted by Crippen LogP contribution is 2.14. The third-order valence-corrected chi connectivity index (χ3v) is 3.26. The van der Waals surface area contributed by atoms with E-state index in [4.69, 9.17) is 5.11 Å². The molecule has 1 aromatic carbocycles. The molecule has 1 aliphatic heterocycles. The van der Waals surface area contributed by atoms with Crippen LogP contribution >= 0.6 is 0 Å². The van der Waals surface area contributed by atoms with Crippen LogP contribution in [0.15, 0.2) is 24.3 Å². The maximum atomic E-state index is 12.2. The van der Waals surface area contributed by atoms with Crippen LogP contribution in [0, 0.1) is 0 Å². The highest BCUT2D eigenvalue weighted by atomic mass is 16.4. The lowest BCUT2D eigenvalue weighted by Gasteiger charge is -2.17. The van der Waals surface area contributed by atoms with Crippen LogP contribution in [0.2, 0.25) is 0 Å². The number of carboxylic acids is 1. The Kier molecular flexibility index (Phi) is 4.02. The fraction of sp³-hybridized carbons (Fsp3) is 0.357. The largest absolute Gasteiger partial charge is 0.478 e. The molecule has 0 spiro atoms. The van der Waals surface area contributed by atoms with Gasteiger partial charge >= 0.3 is 5.97 Å². The standard InChI is InChI=1S/C14H16N2O4/c1-9(17)15-12-6-7-16(8-12)13(18)10-2-4-11(5-3-10)14(19)20/h2-5,12H,6-8H2,1H3,(H,15,17)(H,19,20). The fourth-order valence-electron chi connectivity index (χ4n) is 2.29. The maximum absolute atomic E-state index is 12.2. The van der Waals surface area contributed by atoms with Gasteiger partial charge < -0.3 is 15.3 Å². The van der Waals surface area contributed by atoms with Crippen LogP contribution in [0.5, 0.6) is 0 Å². The number of hydrogen-bond acceptors (Lipinski definition) is 3. The highest BCUT2D eigenvalue weighted by molar-refractivity contribution is 5.96. The van der Waals surface area contributed by atoms with Gasteiger partial charge in [-0.1, -0.05) is 0 Å². The predicted octanol–water partition coefficient (Wildman–Crippen LogP) is 0.735. The van der Waals surface area contributed by atoms with Crippen molar-refractivity contribution in [3.8, 4) is 0 Å². The molecule has 0 aromatic heterocycles. The molecule has 2 N–H and O–H groups in total. The Morgan fingerprint density at radius 1 is 1.20 bits per heavy atom. The SMILES string of the molecule is CC(=O)NC1CCN(C(=O)c2ccc(C(=O)O)cc2)C1. The lowest BCUT2D eigenvalue weighted by Crippen LogP contribution is -2.37. The molecule has 6 heteroatoms. The monoisotopic (exact) mass is 276 g/mol. The first-order chi connectivity index (χ1) is 9.47. The van der Waals surface area contributed by atoms with E-state index in [0.717, 1.165) is 6.42 Å². The number of hydrogen-bond donors (Lipinski definition) is 2. The maximum Gasteiger partial charge on any atom is 0.335 e. The van der Waals surface area contributed by atoms with Crippen LogP contribution in [-0.4, -0.2) is 46.9 Å². The second kappa shape index (κ2) is 5.73. The van der Waals surface area contributed by atoms with E-state index in [1.54, 1.807) is 4.90 Å². The van der Waals surface area contributed by atoms with Gasteiger partial charge in [-0.25, -0.2) is 4.79 Å². The minimum Gasteiger partial charge on any atom is -0.478 e. The third-order valence-electron chi connectivity index (χ3n) is 3.26. The Hall–Kier alpha value is -2.37. The molecule has 0 aliphatic carbocycles. The van der Waals surface area contributed by atoms with Crippen molar-refractivity contribution in [2.24, 2.45) is 0 Å². The Morgan fingerprint density at radius 2 is 1.80 bits per heavy atom. The molecule has 1 aliphatic rings. The van der Waals surface area contributed by atoms with Crippen LogP contribution in [0.25, 0.3) is 0 Å². The van der Waals surface area contributed by atoms with Crippen molar-refractivity contribution in [1.29, 1.82) is 0 Å². The molecule has 1 atom stereocenters. The summed E-state index contributed by atoms with van der Waals surface area (Å²) >= 11 is 0. The second-order valence-corrected chi connectivity index (χ2v) is 4.82. The van der Waals surface area contributed by atoms with Gasteiger partial charge in [0.05, 0.1) is 5.56 Å². The molecule has 1 saturated heterocycles. The van der Waals surface area contributed by atoms with E-state index in [1.165, 1.54) is 31.2 Å². The van der Waals surface area contributed by atoms with Crippen molar-refractivity contribution in [2.45, 2.75) is 19.4 Å². The molecule has 2 rings (SSSR count). The fourth-order valence-corrected chi connectivity index (χ4v) is 2.29. The molecular weight excluding hydrogens is 260 g/mol. The average molecular weight is 276 g/mol. The number of carbonyl (C=O) groups is 3. The van der Waals surface area contributed by atoms with Gasteiger partial charge in [-0.05, 0) is 30.7 Å². The first-order valence-electron chi connectivity index (χ1n) is 6.37. The number of carboxylic acid groups (broad SMARTS) is 1. The van der Waals surface area contributed by atoms with Crippen LogP contribution in [-0.2, 0) is 4.79 Å². The van der Waals surface area contributed by atoms with Crippen molar-refractivity contribution >= 4 is 17.8 Å². The number of carbonyl (C=O) groups excluding carboxylic acids is 2. The van der Waals surface area contributed by atoms with Gasteiger partial charge in [0, 0.05) is 31.6 Å². The smallest absolute Gasteiger partial charge is 0.335 e. The topological polar surface area (TPSA) is 86.7 Å². The summed E-state index contributed by atoms with van der Waals surface area (Å²) in [4.78, 5) is 35.6. The van der Waals surface area contributed by atoms with Crippen molar-refractivity contribution in [3.63, 3.8) is 0 Å². The predicted molar refractivity (Wildman–Crippen MR) is 71.5 cm³/mol. The van der Waals surface area contributed by atoms with E-state index in [1.807, 2.05) is 0 Å².